The van der Waals surface area contributed by atoms with Gasteiger partial charge in [-0.25, -0.2) is 8.42 Å². The Balaban J connectivity index is 1.86. The second-order valence-corrected chi connectivity index (χ2v) is 9.29. The third kappa shape index (κ3) is 5.09. The molecule has 168 valence electrons. The summed E-state index contributed by atoms with van der Waals surface area (Å²) in [6.45, 7) is 2.02. The topological polar surface area (TPSA) is 84.9 Å². The summed E-state index contributed by atoms with van der Waals surface area (Å²) in [6.07, 6.45) is 0. The Morgan fingerprint density at radius 1 is 0.969 bits per heavy atom. The van der Waals surface area contributed by atoms with E-state index in [4.69, 9.17) is 9.47 Å². The van der Waals surface area contributed by atoms with Crippen LogP contribution >= 0.6 is 0 Å². The number of nitrogens with one attached hydrogen (secondary N) is 1. The summed E-state index contributed by atoms with van der Waals surface area (Å²) in [7, 11) is 0.731. The van der Waals surface area contributed by atoms with Gasteiger partial charge in [-0.15, -0.1) is 0 Å². The maximum atomic E-state index is 13.2. The predicted octanol–water partition coefficient (Wildman–Crippen LogP) is 4.09. The fourth-order valence-corrected chi connectivity index (χ4v) is 4.40. The summed E-state index contributed by atoms with van der Waals surface area (Å²) < 4.78 is 38.1. The molecule has 0 heterocycles. The second kappa shape index (κ2) is 9.84. The number of ether oxygens (including phenoxy) is 2. The molecule has 1 N–H and O–H groups in total. The van der Waals surface area contributed by atoms with Crippen LogP contribution in [0, 0.1) is 6.92 Å². The number of rotatable bonds is 8. The van der Waals surface area contributed by atoms with Gasteiger partial charge in [-0.1, -0.05) is 30.3 Å². The van der Waals surface area contributed by atoms with Crippen molar-refractivity contribution in [2.75, 3.05) is 26.6 Å². The standard InChI is InChI=1S/C24H26N2O5S/c1-17-7-5-6-8-21(17)24(27)25-22-15-20(13-14-23(22)31-4)32(28,29)26(2)16-18-9-11-19(30-3)12-10-18/h5-15H,16H2,1-4H3,(H,25,27). The van der Waals surface area contributed by atoms with E-state index in [2.05, 4.69) is 5.32 Å². The molecule has 0 aliphatic carbocycles. The van der Waals surface area contributed by atoms with Gasteiger partial charge in [0, 0.05) is 19.2 Å². The molecule has 0 unspecified atom stereocenters. The molecular weight excluding hydrogens is 428 g/mol. The summed E-state index contributed by atoms with van der Waals surface area (Å²) in [6, 6.07) is 18.7. The number of hydrogen-bond donors (Lipinski definition) is 1. The molecular formula is C24H26N2O5S. The van der Waals surface area contributed by atoms with Crippen molar-refractivity contribution in [2.45, 2.75) is 18.4 Å². The van der Waals surface area contributed by atoms with Crippen LogP contribution in [0.1, 0.15) is 21.5 Å². The Bertz CT molecular complexity index is 1210. The van der Waals surface area contributed by atoms with Crippen molar-refractivity contribution in [1.29, 1.82) is 0 Å². The molecule has 0 aromatic heterocycles. The SMILES string of the molecule is COc1ccc(CN(C)S(=O)(=O)c2ccc(OC)c(NC(=O)c3ccccc3C)c2)cc1. The van der Waals surface area contributed by atoms with Crippen molar-refractivity contribution < 1.29 is 22.7 Å². The van der Waals surface area contributed by atoms with E-state index in [0.29, 0.717) is 17.1 Å². The Morgan fingerprint density at radius 2 is 1.66 bits per heavy atom. The van der Waals surface area contributed by atoms with Crippen LogP contribution in [0.4, 0.5) is 5.69 Å². The molecule has 3 aromatic carbocycles. The molecule has 1 amide bonds. The number of nitrogens with zero attached hydrogens (tertiary/aromatic N) is 1. The van der Waals surface area contributed by atoms with E-state index >= 15 is 0 Å². The van der Waals surface area contributed by atoms with E-state index in [1.54, 1.807) is 31.4 Å². The van der Waals surface area contributed by atoms with E-state index in [1.807, 2.05) is 31.2 Å². The van der Waals surface area contributed by atoms with Crippen LogP contribution in [-0.4, -0.2) is 39.9 Å². The summed E-state index contributed by atoms with van der Waals surface area (Å²) in [4.78, 5) is 12.8. The first-order valence-corrected chi connectivity index (χ1v) is 11.3. The van der Waals surface area contributed by atoms with Gasteiger partial charge in [-0.3, -0.25) is 4.79 Å². The number of sulfonamides is 1. The van der Waals surface area contributed by atoms with E-state index < -0.39 is 10.0 Å². The largest absolute Gasteiger partial charge is 0.497 e. The molecule has 3 aromatic rings. The molecule has 0 aliphatic heterocycles. The molecule has 0 aliphatic rings. The van der Waals surface area contributed by atoms with Crippen molar-refractivity contribution >= 4 is 21.6 Å². The molecule has 0 bridgehead atoms. The van der Waals surface area contributed by atoms with E-state index in [9.17, 15) is 13.2 Å². The van der Waals surface area contributed by atoms with Gasteiger partial charge in [0.25, 0.3) is 5.91 Å². The van der Waals surface area contributed by atoms with Gasteiger partial charge >= 0.3 is 0 Å². The molecule has 0 saturated carbocycles. The van der Waals surface area contributed by atoms with Crippen LogP contribution in [-0.2, 0) is 16.6 Å². The number of benzene rings is 3. The number of methoxy groups -OCH3 is 2. The van der Waals surface area contributed by atoms with Crippen LogP contribution in [0.5, 0.6) is 11.5 Å². The number of hydrogen-bond acceptors (Lipinski definition) is 5. The average Bonchev–Trinajstić information content (AvgIpc) is 2.79. The summed E-state index contributed by atoms with van der Waals surface area (Å²) in [5.74, 6) is 0.717. The zero-order valence-corrected chi connectivity index (χ0v) is 19.3. The molecule has 0 fully saturated rings. The average molecular weight is 455 g/mol. The molecule has 0 radical (unpaired) electrons. The van der Waals surface area contributed by atoms with Crippen molar-refractivity contribution in [3.8, 4) is 11.5 Å². The third-order valence-electron chi connectivity index (χ3n) is 5.08. The molecule has 0 atom stereocenters. The quantitative estimate of drug-likeness (QED) is 0.554. The highest BCUT2D eigenvalue weighted by atomic mass is 32.2. The predicted molar refractivity (Wildman–Crippen MR) is 124 cm³/mol. The lowest BCUT2D eigenvalue weighted by molar-refractivity contribution is 0.102. The van der Waals surface area contributed by atoms with E-state index in [-0.39, 0.29) is 23.0 Å². The van der Waals surface area contributed by atoms with Crippen LogP contribution < -0.4 is 14.8 Å². The summed E-state index contributed by atoms with van der Waals surface area (Å²) in [5, 5.41) is 2.77. The Kier molecular flexibility index (Phi) is 7.17. The Morgan fingerprint density at radius 3 is 2.28 bits per heavy atom. The van der Waals surface area contributed by atoms with Gasteiger partial charge in [-0.2, -0.15) is 4.31 Å². The van der Waals surface area contributed by atoms with Crippen molar-refractivity contribution in [1.82, 2.24) is 4.31 Å². The minimum Gasteiger partial charge on any atom is -0.497 e. The first-order valence-electron chi connectivity index (χ1n) is 9.90. The van der Waals surface area contributed by atoms with E-state index in [1.165, 1.54) is 36.7 Å². The van der Waals surface area contributed by atoms with E-state index in [0.717, 1.165) is 11.1 Å². The van der Waals surface area contributed by atoms with Gasteiger partial charge in [0.15, 0.2) is 0 Å². The number of anilines is 1. The molecule has 0 saturated heterocycles. The maximum Gasteiger partial charge on any atom is 0.256 e. The van der Waals surface area contributed by atoms with Gasteiger partial charge < -0.3 is 14.8 Å². The van der Waals surface area contributed by atoms with Gasteiger partial charge in [-0.05, 0) is 54.4 Å². The van der Waals surface area contributed by atoms with Crippen LogP contribution in [0.25, 0.3) is 0 Å². The lowest BCUT2D eigenvalue weighted by Crippen LogP contribution is -2.26. The molecule has 0 spiro atoms. The fourth-order valence-electron chi connectivity index (χ4n) is 3.22. The number of amides is 1. The number of carbonyl (C=O) groups is 1. The Hall–Kier alpha value is -3.36. The molecule has 7 nitrogen and oxygen atoms in total. The minimum absolute atomic E-state index is 0.0504. The fraction of sp³-hybridized carbons (Fsp3) is 0.208. The lowest BCUT2D eigenvalue weighted by atomic mass is 10.1. The van der Waals surface area contributed by atoms with Crippen molar-refractivity contribution in [3.63, 3.8) is 0 Å². The van der Waals surface area contributed by atoms with Gasteiger partial charge in [0.05, 0.1) is 24.8 Å². The Labute approximate surface area is 188 Å². The molecule has 3 rings (SSSR count). The smallest absolute Gasteiger partial charge is 0.256 e. The highest BCUT2D eigenvalue weighted by Gasteiger charge is 2.23. The third-order valence-corrected chi connectivity index (χ3v) is 6.88. The number of carbonyl (C=O) groups excluding carboxylic acids is 1. The first-order chi connectivity index (χ1) is 15.3. The molecule has 32 heavy (non-hydrogen) atoms. The zero-order valence-electron chi connectivity index (χ0n) is 18.5. The van der Waals surface area contributed by atoms with Gasteiger partial charge in [0.2, 0.25) is 10.0 Å². The van der Waals surface area contributed by atoms with Crippen molar-refractivity contribution in [2.24, 2.45) is 0 Å². The normalized spacial score (nSPS) is 11.3. The second-order valence-electron chi connectivity index (χ2n) is 7.24. The summed E-state index contributed by atoms with van der Waals surface area (Å²) in [5.41, 5.74) is 2.41. The monoisotopic (exact) mass is 454 g/mol. The minimum atomic E-state index is -3.81. The highest BCUT2D eigenvalue weighted by molar-refractivity contribution is 7.89. The van der Waals surface area contributed by atoms with Crippen LogP contribution in [0.15, 0.2) is 71.6 Å². The van der Waals surface area contributed by atoms with Crippen LogP contribution in [0.2, 0.25) is 0 Å². The van der Waals surface area contributed by atoms with Crippen LogP contribution in [0.3, 0.4) is 0 Å². The zero-order chi connectivity index (χ0) is 23.3. The van der Waals surface area contributed by atoms with Gasteiger partial charge in [0.1, 0.15) is 11.5 Å². The van der Waals surface area contributed by atoms with Crippen molar-refractivity contribution in [3.05, 3.63) is 83.4 Å². The molecule has 8 heteroatoms. The first kappa shape index (κ1) is 23.3. The summed E-state index contributed by atoms with van der Waals surface area (Å²) >= 11 is 0. The maximum absolute atomic E-state index is 13.2. The lowest BCUT2D eigenvalue weighted by Gasteiger charge is -2.19. The number of aryl methyl sites for hydroxylation is 1. The highest BCUT2D eigenvalue weighted by Crippen LogP contribution is 2.30.